The molecule has 11 nitrogen and oxygen atoms in total. The SMILES string of the molecule is C/C(Cn1cnc([N+](=O)[O-])n1)=N\NC(=O)c1ccc2c(c1)OCO2. The topological polar surface area (TPSA) is 134 Å². The van der Waals surface area contributed by atoms with Gasteiger partial charge in [-0.05, 0) is 30.0 Å². The minimum absolute atomic E-state index is 0.127. The van der Waals surface area contributed by atoms with Crippen molar-refractivity contribution in [2.45, 2.75) is 13.5 Å². The number of nitro groups is 1. The van der Waals surface area contributed by atoms with Crippen molar-refractivity contribution in [2.24, 2.45) is 5.10 Å². The molecule has 0 fully saturated rings. The van der Waals surface area contributed by atoms with E-state index in [1.54, 1.807) is 25.1 Å². The van der Waals surface area contributed by atoms with E-state index in [1.807, 2.05) is 0 Å². The Bertz CT molecular complexity index is 830. The molecule has 0 bridgehead atoms. The normalized spacial score (nSPS) is 13.0. The number of carbonyl (C=O) groups excluding carboxylic acids is 1. The number of fused-ring (bicyclic) bond motifs is 1. The molecule has 0 aliphatic carbocycles. The van der Waals surface area contributed by atoms with Crippen molar-refractivity contribution in [2.75, 3.05) is 6.79 Å². The molecule has 1 amide bonds. The third-order valence-corrected chi connectivity index (χ3v) is 3.06. The van der Waals surface area contributed by atoms with Gasteiger partial charge in [-0.1, -0.05) is 4.98 Å². The van der Waals surface area contributed by atoms with Gasteiger partial charge in [-0.2, -0.15) is 9.78 Å². The van der Waals surface area contributed by atoms with Crippen LogP contribution in [0.1, 0.15) is 17.3 Å². The van der Waals surface area contributed by atoms with Gasteiger partial charge in [-0.15, -0.1) is 0 Å². The van der Waals surface area contributed by atoms with Gasteiger partial charge >= 0.3 is 5.95 Å². The Kier molecular flexibility index (Phi) is 4.05. The zero-order chi connectivity index (χ0) is 17.1. The highest BCUT2D eigenvalue weighted by atomic mass is 16.7. The molecule has 11 heteroatoms. The molecular formula is C13H12N6O5. The summed E-state index contributed by atoms with van der Waals surface area (Å²) in [6.07, 6.45) is 1.22. The largest absolute Gasteiger partial charge is 0.490 e. The summed E-state index contributed by atoms with van der Waals surface area (Å²) in [6.45, 7) is 1.93. The van der Waals surface area contributed by atoms with E-state index in [2.05, 4.69) is 20.6 Å². The van der Waals surface area contributed by atoms with Crippen molar-refractivity contribution in [3.63, 3.8) is 0 Å². The van der Waals surface area contributed by atoms with Crippen molar-refractivity contribution >= 4 is 17.6 Å². The molecule has 1 aliphatic rings. The van der Waals surface area contributed by atoms with Crippen LogP contribution in [0.2, 0.25) is 0 Å². The average Bonchev–Trinajstić information content (AvgIpc) is 3.20. The van der Waals surface area contributed by atoms with Crippen LogP contribution in [-0.2, 0) is 6.54 Å². The maximum absolute atomic E-state index is 12.1. The molecule has 0 unspecified atom stereocenters. The van der Waals surface area contributed by atoms with Gasteiger partial charge in [0.05, 0.1) is 12.3 Å². The van der Waals surface area contributed by atoms with Crippen LogP contribution in [0.4, 0.5) is 5.95 Å². The second kappa shape index (κ2) is 6.32. The summed E-state index contributed by atoms with van der Waals surface area (Å²) in [5, 5.41) is 18.1. The molecule has 24 heavy (non-hydrogen) atoms. The number of hydrogen-bond donors (Lipinski definition) is 1. The van der Waals surface area contributed by atoms with Crippen LogP contribution >= 0.6 is 0 Å². The van der Waals surface area contributed by atoms with E-state index in [0.29, 0.717) is 22.8 Å². The molecule has 1 aliphatic heterocycles. The number of nitrogens with one attached hydrogen (secondary N) is 1. The lowest BCUT2D eigenvalue weighted by atomic mass is 10.2. The van der Waals surface area contributed by atoms with Gasteiger partial charge in [0.25, 0.3) is 5.91 Å². The summed E-state index contributed by atoms with van der Waals surface area (Å²) in [7, 11) is 0. The fourth-order valence-corrected chi connectivity index (χ4v) is 1.96. The van der Waals surface area contributed by atoms with Crippen LogP contribution in [0.15, 0.2) is 29.6 Å². The molecule has 1 N–H and O–H groups in total. The minimum Gasteiger partial charge on any atom is -0.454 e. The lowest BCUT2D eigenvalue weighted by Crippen LogP contribution is -2.20. The molecule has 0 saturated carbocycles. The molecule has 0 radical (unpaired) electrons. The van der Waals surface area contributed by atoms with Gasteiger partial charge in [0.15, 0.2) is 11.5 Å². The summed E-state index contributed by atoms with van der Waals surface area (Å²) in [5.41, 5.74) is 3.25. The Morgan fingerprint density at radius 3 is 3.00 bits per heavy atom. The molecule has 0 spiro atoms. The molecule has 0 atom stereocenters. The van der Waals surface area contributed by atoms with Crippen LogP contribution in [-0.4, -0.2) is 38.1 Å². The van der Waals surface area contributed by atoms with Crippen molar-refractivity contribution in [3.8, 4) is 11.5 Å². The van der Waals surface area contributed by atoms with E-state index in [4.69, 9.17) is 9.47 Å². The van der Waals surface area contributed by atoms with Gasteiger partial charge in [0.2, 0.25) is 13.1 Å². The third kappa shape index (κ3) is 3.29. The molecule has 0 saturated heterocycles. The number of carbonyl (C=O) groups is 1. The molecule has 3 rings (SSSR count). The Morgan fingerprint density at radius 2 is 2.25 bits per heavy atom. The smallest absolute Gasteiger partial charge is 0.454 e. The fraction of sp³-hybridized carbons (Fsp3) is 0.231. The first-order chi connectivity index (χ1) is 11.5. The van der Waals surface area contributed by atoms with Crippen molar-refractivity contribution in [3.05, 3.63) is 40.2 Å². The maximum atomic E-state index is 12.1. The zero-order valence-electron chi connectivity index (χ0n) is 12.5. The first-order valence-electron chi connectivity index (χ1n) is 6.80. The predicted molar refractivity (Wildman–Crippen MR) is 79.8 cm³/mol. The van der Waals surface area contributed by atoms with E-state index < -0.39 is 16.8 Å². The Hall–Kier alpha value is -3.50. The van der Waals surface area contributed by atoms with Crippen LogP contribution in [0.5, 0.6) is 11.5 Å². The van der Waals surface area contributed by atoms with Crippen LogP contribution in [0.3, 0.4) is 0 Å². The van der Waals surface area contributed by atoms with E-state index in [1.165, 1.54) is 11.0 Å². The van der Waals surface area contributed by atoms with Crippen molar-refractivity contribution < 1.29 is 19.2 Å². The third-order valence-electron chi connectivity index (χ3n) is 3.06. The van der Waals surface area contributed by atoms with E-state index in [0.717, 1.165) is 0 Å². The van der Waals surface area contributed by atoms with Crippen LogP contribution < -0.4 is 14.9 Å². The second-order valence-corrected chi connectivity index (χ2v) is 4.86. The molecule has 2 aromatic rings. The average molecular weight is 332 g/mol. The summed E-state index contributed by atoms with van der Waals surface area (Å²) in [4.78, 5) is 25.4. The Morgan fingerprint density at radius 1 is 1.46 bits per heavy atom. The van der Waals surface area contributed by atoms with Crippen molar-refractivity contribution in [1.82, 2.24) is 20.2 Å². The van der Waals surface area contributed by atoms with E-state index in [9.17, 15) is 14.9 Å². The monoisotopic (exact) mass is 332 g/mol. The molecule has 2 heterocycles. The first-order valence-corrected chi connectivity index (χ1v) is 6.80. The quantitative estimate of drug-likeness (QED) is 0.484. The van der Waals surface area contributed by atoms with Gasteiger partial charge in [-0.3, -0.25) is 4.79 Å². The minimum atomic E-state index is -0.690. The number of rotatable bonds is 5. The van der Waals surface area contributed by atoms with Crippen LogP contribution in [0.25, 0.3) is 0 Å². The molecule has 1 aromatic heterocycles. The van der Waals surface area contributed by atoms with Gasteiger partial charge in [-0.25, -0.2) is 5.43 Å². The number of hydrogen-bond acceptors (Lipinski definition) is 8. The fourth-order valence-electron chi connectivity index (χ4n) is 1.96. The van der Waals surface area contributed by atoms with Crippen LogP contribution in [0, 0.1) is 10.1 Å². The lowest BCUT2D eigenvalue weighted by molar-refractivity contribution is -0.394. The standard InChI is InChI=1S/C13H12N6O5/c1-8(5-18-6-14-13(17-18)19(21)22)15-16-12(20)9-2-3-10-11(4-9)24-7-23-10/h2-4,6H,5,7H2,1H3,(H,16,20)/b15-8+. The van der Waals surface area contributed by atoms with E-state index >= 15 is 0 Å². The Balaban J connectivity index is 1.61. The number of aromatic nitrogens is 3. The van der Waals surface area contributed by atoms with Gasteiger partial charge in [0, 0.05) is 10.7 Å². The summed E-state index contributed by atoms with van der Waals surface area (Å²) in [5.74, 6) is 0.168. The number of nitrogens with zero attached hydrogens (tertiary/aromatic N) is 5. The molecular weight excluding hydrogens is 320 g/mol. The maximum Gasteiger partial charge on any atom is 0.490 e. The number of amides is 1. The number of benzene rings is 1. The summed E-state index contributed by atoms with van der Waals surface area (Å²) >= 11 is 0. The zero-order valence-corrected chi connectivity index (χ0v) is 12.5. The Labute approximate surface area is 135 Å². The van der Waals surface area contributed by atoms with Gasteiger partial charge in [0.1, 0.15) is 0 Å². The molecule has 1 aromatic carbocycles. The highest BCUT2D eigenvalue weighted by Crippen LogP contribution is 2.32. The van der Waals surface area contributed by atoms with E-state index in [-0.39, 0.29) is 13.3 Å². The first kappa shape index (κ1) is 15.4. The van der Waals surface area contributed by atoms with Gasteiger partial charge < -0.3 is 19.6 Å². The number of hydrazone groups is 1. The second-order valence-electron chi connectivity index (χ2n) is 4.86. The summed E-state index contributed by atoms with van der Waals surface area (Å²) in [6, 6.07) is 4.79. The number of ether oxygens (including phenoxy) is 2. The highest BCUT2D eigenvalue weighted by Gasteiger charge is 2.16. The lowest BCUT2D eigenvalue weighted by Gasteiger charge is -2.03. The van der Waals surface area contributed by atoms with Crippen molar-refractivity contribution in [1.29, 1.82) is 0 Å². The highest BCUT2D eigenvalue weighted by molar-refractivity contribution is 5.95. The summed E-state index contributed by atoms with van der Waals surface area (Å²) < 4.78 is 11.6. The molecule has 124 valence electrons. The predicted octanol–water partition coefficient (Wildman–Crippen LogP) is 0.721.